The Morgan fingerprint density at radius 3 is 2.79 bits per heavy atom. The van der Waals surface area contributed by atoms with E-state index in [-0.39, 0.29) is 18.2 Å². The number of rotatable bonds is 3. The van der Waals surface area contributed by atoms with E-state index in [9.17, 15) is 4.39 Å². The van der Waals surface area contributed by atoms with Crippen LogP contribution in [0.15, 0.2) is 52.9 Å². The number of halogens is 1. The zero-order valence-electron chi connectivity index (χ0n) is 10.1. The minimum Gasteiger partial charge on any atom is -0.483 e. The Kier molecular flexibility index (Phi) is 2.83. The number of anilines is 1. The third kappa shape index (κ3) is 2.38. The van der Waals surface area contributed by atoms with Crippen LogP contribution in [0.25, 0.3) is 11.0 Å². The molecule has 96 valence electrons. The number of ether oxygens (including phenoxy) is 1. The van der Waals surface area contributed by atoms with Crippen molar-refractivity contribution in [3.63, 3.8) is 0 Å². The van der Waals surface area contributed by atoms with Gasteiger partial charge in [0.1, 0.15) is 18.0 Å². The summed E-state index contributed by atoms with van der Waals surface area (Å²) >= 11 is 0. The Morgan fingerprint density at radius 2 is 1.95 bits per heavy atom. The third-order valence-corrected chi connectivity index (χ3v) is 2.80. The molecule has 4 heteroatoms. The molecule has 2 N–H and O–H groups in total. The minimum atomic E-state index is -0.386. The summed E-state index contributed by atoms with van der Waals surface area (Å²) in [5.41, 5.74) is 7.11. The van der Waals surface area contributed by atoms with Gasteiger partial charge in [0.15, 0.2) is 11.6 Å². The van der Waals surface area contributed by atoms with Crippen LogP contribution in [0, 0.1) is 5.82 Å². The number of furan rings is 1. The molecule has 0 spiro atoms. The molecule has 19 heavy (non-hydrogen) atoms. The predicted molar refractivity (Wildman–Crippen MR) is 71.4 cm³/mol. The van der Waals surface area contributed by atoms with Crippen molar-refractivity contribution in [3.8, 4) is 5.75 Å². The van der Waals surface area contributed by atoms with Gasteiger partial charge in [-0.3, -0.25) is 0 Å². The molecule has 0 amide bonds. The van der Waals surface area contributed by atoms with Crippen LogP contribution in [0.3, 0.4) is 0 Å². The summed E-state index contributed by atoms with van der Waals surface area (Å²) in [4.78, 5) is 0. The third-order valence-electron chi connectivity index (χ3n) is 2.80. The van der Waals surface area contributed by atoms with E-state index in [1.165, 1.54) is 6.07 Å². The molecular formula is C15H12FNO2. The van der Waals surface area contributed by atoms with Gasteiger partial charge < -0.3 is 14.9 Å². The maximum Gasteiger partial charge on any atom is 0.165 e. The number of nitrogen functional groups attached to an aromatic ring is 1. The highest BCUT2D eigenvalue weighted by Gasteiger charge is 2.06. The SMILES string of the molecule is Nc1ccc2oc(COc3ccccc3F)cc2c1. The van der Waals surface area contributed by atoms with E-state index < -0.39 is 0 Å². The first-order valence-electron chi connectivity index (χ1n) is 5.87. The number of hydrogen-bond acceptors (Lipinski definition) is 3. The van der Waals surface area contributed by atoms with E-state index in [4.69, 9.17) is 14.9 Å². The Labute approximate surface area is 109 Å². The Morgan fingerprint density at radius 1 is 1.11 bits per heavy atom. The first kappa shape index (κ1) is 11.6. The molecule has 3 nitrogen and oxygen atoms in total. The summed E-state index contributed by atoms with van der Waals surface area (Å²) in [5, 5.41) is 0.909. The fraction of sp³-hybridized carbons (Fsp3) is 0.0667. The fourth-order valence-corrected chi connectivity index (χ4v) is 1.90. The summed E-state index contributed by atoms with van der Waals surface area (Å²) < 4.78 is 24.3. The maximum atomic E-state index is 13.4. The number of nitrogens with two attached hydrogens (primary N) is 1. The molecular weight excluding hydrogens is 245 g/mol. The lowest BCUT2D eigenvalue weighted by atomic mass is 10.2. The highest BCUT2D eigenvalue weighted by Crippen LogP contribution is 2.23. The van der Waals surface area contributed by atoms with Crippen LogP contribution >= 0.6 is 0 Å². The molecule has 0 aliphatic rings. The molecule has 0 saturated heterocycles. The lowest BCUT2D eigenvalue weighted by Gasteiger charge is -2.04. The maximum absolute atomic E-state index is 13.4. The highest BCUT2D eigenvalue weighted by atomic mass is 19.1. The van der Waals surface area contributed by atoms with Crippen molar-refractivity contribution < 1.29 is 13.5 Å². The number of para-hydroxylation sites is 1. The molecule has 0 atom stereocenters. The fourth-order valence-electron chi connectivity index (χ4n) is 1.90. The van der Waals surface area contributed by atoms with Gasteiger partial charge in [0.2, 0.25) is 0 Å². The zero-order chi connectivity index (χ0) is 13.2. The molecule has 3 rings (SSSR count). The monoisotopic (exact) mass is 257 g/mol. The van der Waals surface area contributed by atoms with Crippen LogP contribution in [0.1, 0.15) is 5.76 Å². The topological polar surface area (TPSA) is 48.4 Å². The van der Waals surface area contributed by atoms with Gasteiger partial charge in [-0.25, -0.2) is 4.39 Å². The second-order valence-corrected chi connectivity index (χ2v) is 4.23. The second kappa shape index (κ2) is 4.65. The lowest BCUT2D eigenvalue weighted by Crippen LogP contribution is -1.95. The van der Waals surface area contributed by atoms with Crippen LogP contribution in [0.4, 0.5) is 10.1 Å². The van der Waals surface area contributed by atoms with E-state index in [0.29, 0.717) is 11.4 Å². The van der Waals surface area contributed by atoms with Crippen LogP contribution in [-0.4, -0.2) is 0 Å². The molecule has 3 aromatic rings. The van der Waals surface area contributed by atoms with E-state index >= 15 is 0 Å². The molecule has 0 fully saturated rings. The average molecular weight is 257 g/mol. The molecule has 0 bridgehead atoms. The summed E-state index contributed by atoms with van der Waals surface area (Å²) in [6, 6.07) is 13.5. The van der Waals surface area contributed by atoms with Gasteiger partial charge >= 0.3 is 0 Å². The molecule has 0 saturated carbocycles. The van der Waals surface area contributed by atoms with Crippen LogP contribution in [0.5, 0.6) is 5.75 Å². The highest BCUT2D eigenvalue weighted by molar-refractivity contribution is 5.81. The quantitative estimate of drug-likeness (QED) is 0.727. The molecule has 1 aromatic heterocycles. The molecule has 0 unspecified atom stereocenters. The molecule has 1 heterocycles. The van der Waals surface area contributed by atoms with Crippen molar-refractivity contribution in [2.75, 3.05) is 5.73 Å². The lowest BCUT2D eigenvalue weighted by molar-refractivity contribution is 0.262. The van der Waals surface area contributed by atoms with Gasteiger partial charge in [0.25, 0.3) is 0 Å². The van der Waals surface area contributed by atoms with E-state index in [1.807, 2.05) is 12.1 Å². The van der Waals surface area contributed by atoms with Crippen molar-refractivity contribution in [1.29, 1.82) is 0 Å². The van der Waals surface area contributed by atoms with Crippen molar-refractivity contribution in [1.82, 2.24) is 0 Å². The van der Waals surface area contributed by atoms with Gasteiger partial charge in [-0.1, -0.05) is 12.1 Å². The largest absolute Gasteiger partial charge is 0.483 e. The smallest absolute Gasteiger partial charge is 0.165 e. The summed E-state index contributed by atoms with van der Waals surface area (Å²) in [5.74, 6) is 0.453. The minimum absolute atomic E-state index is 0.176. The molecule has 0 aliphatic carbocycles. The molecule has 0 aliphatic heterocycles. The van der Waals surface area contributed by atoms with Gasteiger partial charge in [-0.05, 0) is 36.4 Å². The van der Waals surface area contributed by atoms with Crippen molar-refractivity contribution in [2.24, 2.45) is 0 Å². The van der Waals surface area contributed by atoms with E-state index in [0.717, 1.165) is 11.0 Å². The Hall–Kier alpha value is -2.49. The van der Waals surface area contributed by atoms with Crippen molar-refractivity contribution in [3.05, 3.63) is 60.1 Å². The van der Waals surface area contributed by atoms with Gasteiger partial charge in [0, 0.05) is 11.1 Å². The average Bonchev–Trinajstić information content (AvgIpc) is 2.79. The van der Waals surface area contributed by atoms with Crippen LogP contribution in [-0.2, 0) is 6.61 Å². The van der Waals surface area contributed by atoms with E-state index in [2.05, 4.69) is 0 Å². The van der Waals surface area contributed by atoms with Crippen LogP contribution in [0.2, 0.25) is 0 Å². The van der Waals surface area contributed by atoms with Crippen molar-refractivity contribution >= 4 is 16.7 Å². The van der Waals surface area contributed by atoms with Crippen molar-refractivity contribution in [2.45, 2.75) is 6.61 Å². The Bertz CT molecular complexity index is 721. The first-order chi connectivity index (χ1) is 9.22. The normalized spacial score (nSPS) is 10.8. The summed E-state index contributed by atoms with van der Waals surface area (Å²) in [7, 11) is 0. The number of fused-ring (bicyclic) bond motifs is 1. The zero-order valence-corrected chi connectivity index (χ0v) is 10.1. The standard InChI is InChI=1S/C15H12FNO2/c16-13-3-1-2-4-15(13)18-9-12-8-10-7-11(17)5-6-14(10)19-12/h1-8H,9,17H2. The molecule has 2 aromatic carbocycles. The van der Waals surface area contributed by atoms with Gasteiger partial charge in [-0.15, -0.1) is 0 Å². The summed E-state index contributed by atoms with van der Waals surface area (Å²) in [6.07, 6.45) is 0. The van der Waals surface area contributed by atoms with Gasteiger partial charge in [0.05, 0.1) is 0 Å². The molecule has 0 radical (unpaired) electrons. The number of benzene rings is 2. The number of hydrogen-bond donors (Lipinski definition) is 1. The van der Waals surface area contributed by atoms with Crippen LogP contribution < -0.4 is 10.5 Å². The predicted octanol–water partition coefficient (Wildman–Crippen LogP) is 3.73. The van der Waals surface area contributed by atoms with E-state index in [1.54, 1.807) is 30.3 Å². The summed E-state index contributed by atoms with van der Waals surface area (Å²) in [6.45, 7) is 0.176. The first-order valence-corrected chi connectivity index (χ1v) is 5.87. The Balaban J connectivity index is 1.80. The van der Waals surface area contributed by atoms with Gasteiger partial charge in [-0.2, -0.15) is 0 Å². The second-order valence-electron chi connectivity index (χ2n) is 4.23.